The van der Waals surface area contributed by atoms with E-state index < -0.39 is 0 Å². The summed E-state index contributed by atoms with van der Waals surface area (Å²) >= 11 is 0. The summed E-state index contributed by atoms with van der Waals surface area (Å²) < 4.78 is 12.7. The predicted molar refractivity (Wildman–Crippen MR) is 228 cm³/mol. The lowest BCUT2D eigenvalue weighted by atomic mass is 9.82. The fourth-order valence-electron chi connectivity index (χ4n) is 9.31. The minimum atomic E-state index is 0.902. The number of allylic oxidation sites excluding steroid dienone is 4. The zero-order chi connectivity index (χ0) is 35.3. The van der Waals surface area contributed by atoms with Gasteiger partial charge >= 0.3 is 0 Å². The van der Waals surface area contributed by atoms with E-state index in [0.29, 0.717) is 0 Å². The van der Waals surface area contributed by atoms with Crippen molar-refractivity contribution in [3.63, 3.8) is 0 Å². The van der Waals surface area contributed by atoms with Crippen molar-refractivity contribution in [2.45, 2.75) is 12.8 Å². The van der Waals surface area contributed by atoms with Gasteiger partial charge in [-0.05, 0) is 126 Å². The minimum Gasteiger partial charge on any atom is -0.456 e. The molecule has 2 nitrogen and oxygen atoms in total. The topological polar surface area (TPSA) is 26.3 Å². The molecule has 0 unspecified atom stereocenters. The first-order valence-corrected chi connectivity index (χ1v) is 18.8. The van der Waals surface area contributed by atoms with Gasteiger partial charge in [-0.25, -0.2) is 0 Å². The van der Waals surface area contributed by atoms with Crippen LogP contribution >= 0.6 is 0 Å². The molecule has 12 rings (SSSR count). The van der Waals surface area contributed by atoms with Gasteiger partial charge in [-0.3, -0.25) is 0 Å². The number of para-hydroxylation sites is 1. The quantitative estimate of drug-likeness (QED) is 0.173. The Morgan fingerprint density at radius 3 is 1.83 bits per heavy atom. The minimum absolute atomic E-state index is 0.902. The Morgan fingerprint density at radius 2 is 1.02 bits per heavy atom. The van der Waals surface area contributed by atoms with Gasteiger partial charge in [0.2, 0.25) is 0 Å². The molecule has 0 radical (unpaired) electrons. The number of benzene rings is 9. The SMILES string of the molecule is C1=C(c2ccc3oc4cc5ccc6oc7ccccc7c6c5cc4c3c2)C=C(c2c3ccccc3c(-c3cccc4ccccc34)c3ccccc23)CC1. The molecule has 0 saturated heterocycles. The van der Waals surface area contributed by atoms with Crippen LogP contribution in [-0.4, -0.2) is 0 Å². The van der Waals surface area contributed by atoms with Crippen LogP contribution in [0.4, 0.5) is 0 Å². The van der Waals surface area contributed by atoms with Gasteiger partial charge in [-0.1, -0.05) is 133 Å². The third kappa shape index (κ3) is 4.28. The number of furan rings is 2. The highest BCUT2D eigenvalue weighted by atomic mass is 16.3. The predicted octanol–water partition coefficient (Wildman–Crippen LogP) is 15.0. The van der Waals surface area contributed by atoms with Gasteiger partial charge in [0, 0.05) is 21.5 Å². The summed E-state index contributed by atoms with van der Waals surface area (Å²) in [6.07, 6.45) is 6.81. The highest BCUT2D eigenvalue weighted by molar-refractivity contribution is 6.24. The van der Waals surface area contributed by atoms with Crippen molar-refractivity contribution >= 4 is 98.1 Å². The van der Waals surface area contributed by atoms with E-state index in [1.54, 1.807) is 0 Å². The monoisotopic (exact) mass is 688 g/mol. The molecule has 0 amide bonds. The van der Waals surface area contributed by atoms with E-state index >= 15 is 0 Å². The smallest absolute Gasteiger partial charge is 0.136 e. The van der Waals surface area contributed by atoms with E-state index in [1.807, 2.05) is 12.1 Å². The Hall–Kier alpha value is -6.90. The zero-order valence-corrected chi connectivity index (χ0v) is 29.4. The van der Waals surface area contributed by atoms with Gasteiger partial charge in [-0.15, -0.1) is 0 Å². The number of rotatable bonds is 3. The van der Waals surface area contributed by atoms with Gasteiger partial charge in [0.25, 0.3) is 0 Å². The van der Waals surface area contributed by atoms with E-state index in [1.165, 1.54) is 71.1 Å². The van der Waals surface area contributed by atoms with Crippen LogP contribution in [0.5, 0.6) is 0 Å². The summed E-state index contributed by atoms with van der Waals surface area (Å²) in [6.45, 7) is 0. The third-order valence-electron chi connectivity index (χ3n) is 11.7. The summed E-state index contributed by atoms with van der Waals surface area (Å²) in [6, 6.07) is 57.1. The molecule has 1 aliphatic rings. The Bertz CT molecular complexity index is 3380. The molecule has 0 N–H and O–H groups in total. The lowest BCUT2D eigenvalue weighted by Gasteiger charge is -2.22. The summed E-state index contributed by atoms with van der Waals surface area (Å²) in [5.41, 5.74) is 11.4. The average molecular weight is 689 g/mol. The molecule has 2 aromatic heterocycles. The largest absolute Gasteiger partial charge is 0.456 e. The van der Waals surface area contributed by atoms with Crippen LogP contribution in [0.15, 0.2) is 179 Å². The van der Waals surface area contributed by atoms with Crippen LogP contribution in [0, 0.1) is 0 Å². The fraction of sp³-hybridized carbons (Fsp3) is 0.0385. The Morgan fingerprint density at radius 1 is 0.389 bits per heavy atom. The Kier molecular flexibility index (Phi) is 6.20. The lowest BCUT2D eigenvalue weighted by molar-refractivity contribution is 0.668. The van der Waals surface area contributed by atoms with Gasteiger partial charge < -0.3 is 8.83 Å². The first-order valence-electron chi connectivity index (χ1n) is 18.8. The van der Waals surface area contributed by atoms with Gasteiger partial charge in [0.15, 0.2) is 0 Å². The normalized spacial score (nSPS) is 13.6. The molecule has 252 valence electrons. The zero-order valence-electron chi connectivity index (χ0n) is 29.4. The Labute approximate surface area is 310 Å². The second-order valence-corrected chi connectivity index (χ2v) is 14.7. The summed E-state index contributed by atoms with van der Waals surface area (Å²) in [5, 5.41) is 14.6. The molecule has 0 aliphatic heterocycles. The van der Waals surface area contributed by atoms with E-state index in [2.05, 4.69) is 158 Å². The second-order valence-electron chi connectivity index (χ2n) is 14.7. The van der Waals surface area contributed by atoms with E-state index in [4.69, 9.17) is 8.83 Å². The maximum Gasteiger partial charge on any atom is 0.136 e. The molecule has 2 heteroatoms. The molecular formula is C52H32O2. The summed E-state index contributed by atoms with van der Waals surface area (Å²) in [4.78, 5) is 0. The van der Waals surface area contributed by atoms with Crippen molar-refractivity contribution in [2.24, 2.45) is 0 Å². The van der Waals surface area contributed by atoms with Crippen molar-refractivity contribution in [2.75, 3.05) is 0 Å². The van der Waals surface area contributed by atoms with Crippen molar-refractivity contribution in [3.8, 4) is 11.1 Å². The molecule has 2 heterocycles. The highest BCUT2D eigenvalue weighted by Crippen LogP contribution is 2.46. The molecule has 0 fully saturated rings. The van der Waals surface area contributed by atoms with Crippen LogP contribution < -0.4 is 0 Å². The van der Waals surface area contributed by atoms with E-state index in [-0.39, 0.29) is 0 Å². The van der Waals surface area contributed by atoms with Gasteiger partial charge in [-0.2, -0.15) is 0 Å². The lowest BCUT2D eigenvalue weighted by Crippen LogP contribution is -1.97. The molecule has 0 spiro atoms. The fourth-order valence-corrected chi connectivity index (χ4v) is 9.31. The first kappa shape index (κ1) is 29.7. The average Bonchev–Trinajstić information content (AvgIpc) is 3.79. The summed E-state index contributed by atoms with van der Waals surface area (Å²) in [5.74, 6) is 0. The molecule has 11 aromatic rings. The molecule has 1 aliphatic carbocycles. The molecule has 9 aromatic carbocycles. The van der Waals surface area contributed by atoms with Crippen LogP contribution in [0.2, 0.25) is 0 Å². The summed E-state index contributed by atoms with van der Waals surface area (Å²) in [7, 11) is 0. The van der Waals surface area contributed by atoms with Crippen LogP contribution in [-0.2, 0) is 0 Å². The third-order valence-corrected chi connectivity index (χ3v) is 11.7. The number of hydrogen-bond acceptors (Lipinski definition) is 2. The van der Waals surface area contributed by atoms with Crippen molar-refractivity contribution in [1.29, 1.82) is 0 Å². The molecule has 0 bridgehead atoms. The van der Waals surface area contributed by atoms with E-state index in [9.17, 15) is 0 Å². The van der Waals surface area contributed by atoms with Gasteiger partial charge in [0.1, 0.15) is 22.3 Å². The molecule has 0 saturated carbocycles. The standard InChI is InChI=1S/C52H32O2/c1-2-15-36-31(11-1)12-10-21-37(36)51-40-18-5-3-16-38(40)50(39-17-4-6-19-41(39)51)35-14-9-13-32(27-35)33-23-25-47-44(28-33)45-30-43-34(29-49(45)54-47)24-26-48-52(43)42-20-7-8-22-46(42)53-48/h1-8,10-13,15-30H,9,14H2. The molecular weight excluding hydrogens is 657 g/mol. The van der Waals surface area contributed by atoms with Crippen LogP contribution in [0.3, 0.4) is 0 Å². The Balaban J connectivity index is 1.04. The maximum absolute atomic E-state index is 6.49. The van der Waals surface area contributed by atoms with Crippen LogP contribution in [0.1, 0.15) is 24.0 Å². The second kappa shape index (κ2) is 11.3. The number of hydrogen-bond donors (Lipinski definition) is 0. The van der Waals surface area contributed by atoms with Crippen LogP contribution in [0.25, 0.3) is 109 Å². The molecule has 54 heavy (non-hydrogen) atoms. The van der Waals surface area contributed by atoms with Crippen molar-refractivity contribution in [1.82, 2.24) is 0 Å². The molecule has 0 atom stereocenters. The van der Waals surface area contributed by atoms with E-state index in [0.717, 1.165) is 62.1 Å². The number of fused-ring (bicyclic) bond motifs is 11. The highest BCUT2D eigenvalue weighted by Gasteiger charge is 2.21. The van der Waals surface area contributed by atoms with Crippen molar-refractivity contribution in [3.05, 3.63) is 181 Å². The first-order chi connectivity index (χ1) is 26.8. The van der Waals surface area contributed by atoms with Crippen molar-refractivity contribution < 1.29 is 8.83 Å². The maximum atomic E-state index is 6.49. The van der Waals surface area contributed by atoms with Gasteiger partial charge in [0.05, 0.1) is 0 Å².